The third-order valence-corrected chi connectivity index (χ3v) is 3.08. The second-order valence-electron chi connectivity index (χ2n) is 4.26. The van der Waals surface area contributed by atoms with Crippen molar-refractivity contribution in [2.45, 2.75) is 31.7 Å². The van der Waals surface area contributed by atoms with Gasteiger partial charge in [0, 0.05) is 19.4 Å². The van der Waals surface area contributed by atoms with Gasteiger partial charge < -0.3 is 9.88 Å². The standard InChI is InChI=1S/C11H19N3/c1-12-10(6-5-9-3-4-9)11-13-7-8-14(11)2/h7-10,12H,3-6H2,1-2H3. The summed E-state index contributed by atoms with van der Waals surface area (Å²) in [6.45, 7) is 0. The molecule has 14 heavy (non-hydrogen) atoms. The van der Waals surface area contributed by atoms with E-state index >= 15 is 0 Å². The van der Waals surface area contributed by atoms with Crippen LogP contribution in [0, 0.1) is 5.92 Å². The summed E-state index contributed by atoms with van der Waals surface area (Å²) >= 11 is 0. The molecule has 1 aliphatic rings. The lowest BCUT2D eigenvalue weighted by atomic mass is 10.1. The van der Waals surface area contributed by atoms with Crippen LogP contribution in [0.3, 0.4) is 0 Å². The molecule has 2 rings (SSSR count). The van der Waals surface area contributed by atoms with E-state index in [-0.39, 0.29) is 0 Å². The summed E-state index contributed by atoms with van der Waals surface area (Å²) in [5.74, 6) is 2.17. The Balaban J connectivity index is 1.93. The Hall–Kier alpha value is -0.830. The molecule has 0 bridgehead atoms. The second-order valence-corrected chi connectivity index (χ2v) is 4.26. The van der Waals surface area contributed by atoms with Gasteiger partial charge >= 0.3 is 0 Å². The molecule has 1 aliphatic carbocycles. The minimum absolute atomic E-state index is 0.426. The second kappa shape index (κ2) is 4.13. The molecule has 1 heterocycles. The first-order chi connectivity index (χ1) is 6.81. The molecular weight excluding hydrogens is 174 g/mol. The number of imidazole rings is 1. The van der Waals surface area contributed by atoms with Gasteiger partial charge in [0.2, 0.25) is 0 Å². The monoisotopic (exact) mass is 193 g/mol. The Labute approximate surface area is 85.5 Å². The van der Waals surface area contributed by atoms with Crippen LogP contribution in [0.1, 0.15) is 37.5 Å². The summed E-state index contributed by atoms with van der Waals surface area (Å²) in [5, 5.41) is 3.35. The maximum absolute atomic E-state index is 4.39. The van der Waals surface area contributed by atoms with E-state index in [0.29, 0.717) is 6.04 Å². The molecular formula is C11H19N3. The third-order valence-electron chi connectivity index (χ3n) is 3.08. The van der Waals surface area contributed by atoms with E-state index in [4.69, 9.17) is 0 Å². The van der Waals surface area contributed by atoms with Crippen LogP contribution in [-0.2, 0) is 7.05 Å². The molecule has 1 N–H and O–H groups in total. The molecule has 1 aromatic rings. The quantitative estimate of drug-likeness (QED) is 0.773. The van der Waals surface area contributed by atoms with Crippen molar-refractivity contribution < 1.29 is 0 Å². The van der Waals surface area contributed by atoms with Crippen molar-refractivity contribution in [3.8, 4) is 0 Å². The number of aryl methyl sites for hydroxylation is 1. The van der Waals surface area contributed by atoms with Crippen LogP contribution in [0.5, 0.6) is 0 Å². The molecule has 1 unspecified atom stereocenters. The molecule has 1 atom stereocenters. The van der Waals surface area contributed by atoms with Gasteiger partial charge in [0.15, 0.2) is 0 Å². The first-order valence-electron chi connectivity index (χ1n) is 5.45. The van der Waals surface area contributed by atoms with Crippen LogP contribution in [0.15, 0.2) is 12.4 Å². The number of nitrogens with zero attached hydrogens (tertiary/aromatic N) is 2. The van der Waals surface area contributed by atoms with Gasteiger partial charge in [-0.15, -0.1) is 0 Å². The molecule has 0 saturated heterocycles. The van der Waals surface area contributed by atoms with Crippen molar-refractivity contribution >= 4 is 0 Å². The van der Waals surface area contributed by atoms with Crippen LogP contribution in [0.25, 0.3) is 0 Å². The summed E-state index contributed by atoms with van der Waals surface area (Å²) < 4.78 is 2.11. The lowest BCUT2D eigenvalue weighted by Crippen LogP contribution is -2.20. The van der Waals surface area contributed by atoms with Gasteiger partial charge in [0.25, 0.3) is 0 Å². The van der Waals surface area contributed by atoms with Crippen molar-refractivity contribution in [3.63, 3.8) is 0 Å². The van der Waals surface area contributed by atoms with Crippen LogP contribution in [-0.4, -0.2) is 16.6 Å². The molecule has 0 amide bonds. The fourth-order valence-electron chi connectivity index (χ4n) is 1.92. The zero-order valence-corrected chi connectivity index (χ0v) is 9.03. The van der Waals surface area contributed by atoms with Crippen LogP contribution < -0.4 is 5.32 Å². The lowest BCUT2D eigenvalue weighted by molar-refractivity contribution is 0.473. The van der Waals surface area contributed by atoms with Gasteiger partial charge in [0.1, 0.15) is 5.82 Å². The summed E-state index contributed by atoms with van der Waals surface area (Å²) in [6, 6.07) is 0.426. The average molecular weight is 193 g/mol. The van der Waals surface area contributed by atoms with Gasteiger partial charge in [-0.3, -0.25) is 0 Å². The summed E-state index contributed by atoms with van der Waals surface area (Å²) in [5.41, 5.74) is 0. The van der Waals surface area contributed by atoms with Crippen LogP contribution in [0.2, 0.25) is 0 Å². The average Bonchev–Trinajstić information content (AvgIpc) is 2.92. The molecule has 0 radical (unpaired) electrons. The normalized spacial score (nSPS) is 18.4. The minimum Gasteiger partial charge on any atom is -0.337 e. The Morgan fingerprint density at radius 3 is 2.93 bits per heavy atom. The van der Waals surface area contributed by atoms with E-state index in [1.54, 1.807) is 0 Å². The van der Waals surface area contributed by atoms with E-state index in [0.717, 1.165) is 11.7 Å². The van der Waals surface area contributed by atoms with Crippen LogP contribution in [0.4, 0.5) is 0 Å². The summed E-state index contributed by atoms with van der Waals surface area (Å²) in [4.78, 5) is 4.39. The third kappa shape index (κ3) is 2.15. The molecule has 3 nitrogen and oxygen atoms in total. The SMILES string of the molecule is CNC(CCC1CC1)c1nccn1C. The molecule has 1 aromatic heterocycles. The van der Waals surface area contributed by atoms with E-state index < -0.39 is 0 Å². The van der Waals surface area contributed by atoms with Gasteiger partial charge in [-0.25, -0.2) is 4.98 Å². The maximum Gasteiger partial charge on any atom is 0.125 e. The number of rotatable bonds is 5. The van der Waals surface area contributed by atoms with Gasteiger partial charge in [-0.2, -0.15) is 0 Å². The predicted octanol–water partition coefficient (Wildman–Crippen LogP) is 1.87. The van der Waals surface area contributed by atoms with Crippen molar-refractivity contribution in [2.24, 2.45) is 13.0 Å². The molecule has 1 saturated carbocycles. The Morgan fingerprint density at radius 2 is 2.43 bits per heavy atom. The fourth-order valence-corrected chi connectivity index (χ4v) is 1.92. The van der Waals surface area contributed by atoms with E-state index in [2.05, 4.69) is 21.9 Å². The highest BCUT2D eigenvalue weighted by Gasteiger charge is 2.23. The summed E-state index contributed by atoms with van der Waals surface area (Å²) in [6.07, 6.45) is 9.33. The Bertz CT molecular complexity index is 288. The lowest BCUT2D eigenvalue weighted by Gasteiger charge is -2.15. The maximum atomic E-state index is 4.39. The first-order valence-corrected chi connectivity index (χ1v) is 5.45. The predicted molar refractivity (Wildman–Crippen MR) is 57.0 cm³/mol. The number of aromatic nitrogens is 2. The van der Waals surface area contributed by atoms with Gasteiger partial charge in [-0.1, -0.05) is 12.8 Å². The molecule has 3 heteroatoms. The van der Waals surface area contributed by atoms with Crippen molar-refractivity contribution in [3.05, 3.63) is 18.2 Å². The largest absolute Gasteiger partial charge is 0.337 e. The molecule has 0 spiro atoms. The Kier molecular flexibility index (Phi) is 2.87. The minimum atomic E-state index is 0.426. The summed E-state index contributed by atoms with van der Waals surface area (Å²) in [7, 11) is 4.08. The van der Waals surface area contributed by atoms with E-state index in [1.165, 1.54) is 25.7 Å². The Morgan fingerprint density at radius 1 is 1.64 bits per heavy atom. The van der Waals surface area contributed by atoms with Gasteiger partial charge in [-0.05, 0) is 25.8 Å². The number of hydrogen-bond acceptors (Lipinski definition) is 2. The topological polar surface area (TPSA) is 29.9 Å². The van der Waals surface area contributed by atoms with E-state index in [9.17, 15) is 0 Å². The van der Waals surface area contributed by atoms with Crippen molar-refractivity contribution in [1.29, 1.82) is 0 Å². The smallest absolute Gasteiger partial charge is 0.125 e. The molecule has 0 aliphatic heterocycles. The highest BCUT2D eigenvalue weighted by Crippen LogP contribution is 2.35. The first kappa shape index (κ1) is 9.71. The number of hydrogen-bond donors (Lipinski definition) is 1. The van der Waals surface area contributed by atoms with Crippen molar-refractivity contribution in [1.82, 2.24) is 14.9 Å². The molecule has 0 aromatic carbocycles. The van der Waals surface area contributed by atoms with Crippen molar-refractivity contribution in [2.75, 3.05) is 7.05 Å². The molecule has 1 fully saturated rings. The zero-order chi connectivity index (χ0) is 9.97. The highest BCUT2D eigenvalue weighted by molar-refractivity contribution is 4.98. The highest BCUT2D eigenvalue weighted by atomic mass is 15.1. The van der Waals surface area contributed by atoms with Gasteiger partial charge in [0.05, 0.1) is 6.04 Å². The fraction of sp³-hybridized carbons (Fsp3) is 0.727. The molecule has 78 valence electrons. The zero-order valence-electron chi connectivity index (χ0n) is 9.03. The number of nitrogens with one attached hydrogen (secondary N) is 1. The van der Waals surface area contributed by atoms with E-state index in [1.807, 2.05) is 19.4 Å². The van der Waals surface area contributed by atoms with Crippen LogP contribution >= 0.6 is 0 Å².